The number of rotatable bonds is 10. The molecule has 1 heterocycles. The second-order valence-electron chi connectivity index (χ2n) is 10.2. The molecule has 0 bridgehead atoms. The third-order valence-corrected chi connectivity index (χ3v) is 8.86. The largest absolute Gasteiger partial charge is 0.235 e. The molecule has 5 aromatic rings. The van der Waals surface area contributed by atoms with Gasteiger partial charge in [0.05, 0.1) is 10.2 Å². The standard InChI is InChI=1S/C35H37NS/c1-4-6-9-16-26(5-2)25(3)23-31(27-17-10-7-11-18-27)32-24-33-34(30-22-15-14-21-29(30)32)36-35(37-33)28-19-12-8-13-20-28/h6-15,17-22,24-26,31H,4-5,16,23H2,1-3H3/b9-6-. The zero-order valence-corrected chi connectivity index (χ0v) is 23.0. The lowest BCUT2D eigenvalue weighted by atomic mass is 9.76. The van der Waals surface area contributed by atoms with Gasteiger partial charge >= 0.3 is 0 Å². The average Bonchev–Trinajstić information content (AvgIpc) is 3.39. The highest BCUT2D eigenvalue weighted by Gasteiger charge is 2.25. The van der Waals surface area contributed by atoms with Gasteiger partial charge in [0.15, 0.2) is 0 Å². The molecular formula is C35H37NS. The van der Waals surface area contributed by atoms with Gasteiger partial charge in [-0.05, 0) is 53.7 Å². The highest BCUT2D eigenvalue weighted by atomic mass is 32.1. The van der Waals surface area contributed by atoms with Crippen LogP contribution in [0.25, 0.3) is 31.6 Å². The topological polar surface area (TPSA) is 12.9 Å². The van der Waals surface area contributed by atoms with E-state index in [0.29, 0.717) is 17.8 Å². The van der Waals surface area contributed by atoms with Crippen LogP contribution in [0.15, 0.2) is 103 Å². The number of hydrogen-bond acceptors (Lipinski definition) is 2. The van der Waals surface area contributed by atoms with Gasteiger partial charge in [0.2, 0.25) is 0 Å². The van der Waals surface area contributed by atoms with Crippen LogP contribution in [-0.2, 0) is 0 Å². The van der Waals surface area contributed by atoms with Crippen LogP contribution in [0.2, 0.25) is 0 Å². The molecule has 0 N–H and O–H groups in total. The van der Waals surface area contributed by atoms with Crippen molar-refractivity contribution in [2.24, 2.45) is 11.8 Å². The lowest BCUT2D eigenvalue weighted by Crippen LogP contribution is -2.15. The van der Waals surface area contributed by atoms with Gasteiger partial charge in [-0.3, -0.25) is 0 Å². The molecule has 0 saturated carbocycles. The first-order chi connectivity index (χ1) is 18.2. The summed E-state index contributed by atoms with van der Waals surface area (Å²) in [6.07, 6.45) is 9.35. The van der Waals surface area contributed by atoms with E-state index in [4.69, 9.17) is 4.98 Å². The summed E-state index contributed by atoms with van der Waals surface area (Å²) in [7, 11) is 0. The van der Waals surface area contributed by atoms with Crippen LogP contribution >= 0.6 is 11.3 Å². The second-order valence-corrected chi connectivity index (χ2v) is 11.2. The van der Waals surface area contributed by atoms with E-state index < -0.39 is 0 Å². The number of benzene rings is 4. The monoisotopic (exact) mass is 503 g/mol. The molecule has 0 aliphatic rings. The summed E-state index contributed by atoms with van der Waals surface area (Å²) >= 11 is 1.82. The van der Waals surface area contributed by atoms with E-state index in [9.17, 15) is 0 Å². The minimum absolute atomic E-state index is 0.344. The number of thiazole rings is 1. The number of allylic oxidation sites excluding steroid dienone is 2. The van der Waals surface area contributed by atoms with E-state index >= 15 is 0 Å². The molecule has 1 nitrogen and oxygen atoms in total. The third kappa shape index (κ3) is 5.55. The summed E-state index contributed by atoms with van der Waals surface area (Å²) in [6, 6.07) is 33.1. The van der Waals surface area contributed by atoms with Crippen molar-refractivity contribution in [1.82, 2.24) is 4.98 Å². The molecule has 188 valence electrons. The van der Waals surface area contributed by atoms with Crippen LogP contribution in [0.1, 0.15) is 63.5 Å². The Balaban J connectivity index is 1.63. The second kappa shape index (κ2) is 11.9. The van der Waals surface area contributed by atoms with Gasteiger partial charge in [0.25, 0.3) is 0 Å². The lowest BCUT2D eigenvalue weighted by Gasteiger charge is -2.28. The van der Waals surface area contributed by atoms with Crippen LogP contribution in [-0.4, -0.2) is 4.98 Å². The Kier molecular flexibility index (Phi) is 8.16. The minimum atomic E-state index is 0.344. The Morgan fingerprint density at radius 1 is 0.811 bits per heavy atom. The molecule has 0 fully saturated rings. The zero-order chi connectivity index (χ0) is 25.6. The molecule has 5 rings (SSSR count). The highest BCUT2D eigenvalue weighted by molar-refractivity contribution is 7.21. The SMILES string of the molecule is CC/C=C\CC(CC)C(C)CC(c1ccccc1)c1cc2sc(-c3ccccc3)nc2c2ccccc12. The lowest BCUT2D eigenvalue weighted by molar-refractivity contribution is 0.320. The van der Waals surface area contributed by atoms with E-state index in [1.54, 1.807) is 0 Å². The molecule has 2 heteroatoms. The van der Waals surface area contributed by atoms with Crippen molar-refractivity contribution in [3.8, 4) is 10.6 Å². The van der Waals surface area contributed by atoms with Crippen molar-refractivity contribution in [2.75, 3.05) is 0 Å². The molecule has 1 aromatic heterocycles. The van der Waals surface area contributed by atoms with Crippen molar-refractivity contribution in [3.05, 3.63) is 114 Å². The summed E-state index contributed by atoms with van der Waals surface area (Å²) in [6.45, 7) is 7.03. The van der Waals surface area contributed by atoms with Crippen molar-refractivity contribution < 1.29 is 0 Å². The maximum atomic E-state index is 5.14. The normalized spacial score (nSPS) is 14.4. The van der Waals surface area contributed by atoms with E-state index in [-0.39, 0.29) is 0 Å². The highest BCUT2D eigenvalue weighted by Crippen LogP contribution is 2.43. The van der Waals surface area contributed by atoms with Crippen LogP contribution in [0.5, 0.6) is 0 Å². The average molecular weight is 504 g/mol. The molecular weight excluding hydrogens is 466 g/mol. The van der Waals surface area contributed by atoms with E-state index in [2.05, 4.69) is 124 Å². The fourth-order valence-electron chi connectivity index (χ4n) is 5.71. The quantitative estimate of drug-likeness (QED) is 0.173. The van der Waals surface area contributed by atoms with E-state index in [1.165, 1.54) is 45.0 Å². The molecule has 0 aliphatic heterocycles. The first kappa shape index (κ1) is 25.4. The number of hydrogen-bond donors (Lipinski definition) is 0. The minimum Gasteiger partial charge on any atom is -0.235 e. The molecule has 3 atom stereocenters. The summed E-state index contributed by atoms with van der Waals surface area (Å²) in [4.78, 5) is 5.14. The summed E-state index contributed by atoms with van der Waals surface area (Å²) < 4.78 is 1.28. The van der Waals surface area contributed by atoms with Crippen molar-refractivity contribution in [3.63, 3.8) is 0 Å². The first-order valence-electron chi connectivity index (χ1n) is 13.8. The smallest absolute Gasteiger partial charge is 0.124 e. The third-order valence-electron chi connectivity index (χ3n) is 7.81. The van der Waals surface area contributed by atoms with Crippen molar-refractivity contribution >= 4 is 32.3 Å². The molecule has 4 aromatic carbocycles. The summed E-state index contributed by atoms with van der Waals surface area (Å²) in [5, 5.41) is 3.69. The molecule has 0 spiro atoms. The van der Waals surface area contributed by atoms with Gasteiger partial charge in [-0.15, -0.1) is 11.3 Å². The predicted molar refractivity (Wildman–Crippen MR) is 162 cm³/mol. The molecule has 0 saturated heterocycles. The van der Waals surface area contributed by atoms with Gasteiger partial charge < -0.3 is 0 Å². The fourth-order valence-corrected chi connectivity index (χ4v) is 6.74. The van der Waals surface area contributed by atoms with E-state index in [1.807, 2.05) is 11.3 Å². The number of fused-ring (bicyclic) bond motifs is 3. The van der Waals surface area contributed by atoms with Crippen LogP contribution in [0.3, 0.4) is 0 Å². The Hall–Kier alpha value is -3.23. The Bertz CT molecular complexity index is 1470. The zero-order valence-electron chi connectivity index (χ0n) is 22.2. The maximum Gasteiger partial charge on any atom is 0.124 e. The summed E-state index contributed by atoms with van der Waals surface area (Å²) in [5.41, 5.74) is 5.15. The molecule has 37 heavy (non-hydrogen) atoms. The summed E-state index contributed by atoms with van der Waals surface area (Å²) in [5.74, 6) is 1.65. The van der Waals surface area contributed by atoms with Crippen LogP contribution in [0, 0.1) is 11.8 Å². The Labute approximate surface area is 225 Å². The first-order valence-corrected chi connectivity index (χ1v) is 14.6. The van der Waals surface area contributed by atoms with Gasteiger partial charge in [-0.1, -0.05) is 124 Å². The number of nitrogens with zero attached hydrogens (tertiary/aromatic N) is 1. The van der Waals surface area contributed by atoms with Gasteiger partial charge in [-0.25, -0.2) is 4.98 Å². The molecule has 0 amide bonds. The Morgan fingerprint density at radius 3 is 2.19 bits per heavy atom. The molecule has 3 unspecified atom stereocenters. The van der Waals surface area contributed by atoms with Crippen molar-refractivity contribution in [2.45, 2.75) is 52.4 Å². The molecule has 0 aliphatic carbocycles. The molecule has 0 radical (unpaired) electrons. The van der Waals surface area contributed by atoms with Gasteiger partial charge in [0.1, 0.15) is 5.01 Å². The Morgan fingerprint density at radius 2 is 1.49 bits per heavy atom. The van der Waals surface area contributed by atoms with Gasteiger partial charge in [0, 0.05) is 16.9 Å². The predicted octanol–water partition coefficient (Wildman–Crippen LogP) is 10.7. The van der Waals surface area contributed by atoms with Crippen molar-refractivity contribution in [1.29, 1.82) is 0 Å². The van der Waals surface area contributed by atoms with Crippen LogP contribution in [0.4, 0.5) is 0 Å². The van der Waals surface area contributed by atoms with Gasteiger partial charge in [-0.2, -0.15) is 0 Å². The fraction of sp³-hybridized carbons (Fsp3) is 0.286. The number of aromatic nitrogens is 1. The van der Waals surface area contributed by atoms with E-state index in [0.717, 1.165) is 23.4 Å². The maximum absolute atomic E-state index is 5.14. The van der Waals surface area contributed by atoms with Crippen LogP contribution < -0.4 is 0 Å².